The fourth-order valence-corrected chi connectivity index (χ4v) is 2.76. The number of nitrogens with one attached hydrogen (secondary N) is 1. The van der Waals surface area contributed by atoms with Crippen LogP contribution < -0.4 is 4.74 Å². The number of hydrogen-bond donors (Lipinski definition) is 1. The van der Waals surface area contributed by atoms with Gasteiger partial charge in [-0.1, -0.05) is 23.7 Å². The van der Waals surface area contributed by atoms with Gasteiger partial charge < -0.3 is 8.92 Å². The summed E-state index contributed by atoms with van der Waals surface area (Å²) >= 11 is 5.77. The summed E-state index contributed by atoms with van der Waals surface area (Å²) in [5, 5.41) is 8.28. The predicted molar refractivity (Wildman–Crippen MR) is 84.1 cm³/mol. The fourth-order valence-electron chi connectivity index (χ4n) is 1.74. The minimum Gasteiger partial charge on any atom is -0.497 e. The normalized spacial score (nSPS) is 11.0. The van der Waals surface area contributed by atoms with E-state index in [9.17, 15) is 8.42 Å². The molecule has 0 saturated carbocycles. The van der Waals surface area contributed by atoms with Gasteiger partial charge >= 0.3 is 10.1 Å². The van der Waals surface area contributed by atoms with Crippen molar-refractivity contribution in [3.05, 3.63) is 59.1 Å². The summed E-state index contributed by atoms with van der Waals surface area (Å²) in [6.45, 7) is 0. The molecule has 0 aliphatic heterocycles. The minimum atomic E-state index is -4.02. The Morgan fingerprint density at radius 2 is 1.68 bits per heavy atom. The predicted octanol–water partition coefficient (Wildman–Crippen LogP) is 3.27. The van der Waals surface area contributed by atoms with E-state index in [0.717, 1.165) is 5.56 Å². The number of halogens is 1. The van der Waals surface area contributed by atoms with E-state index in [4.69, 9.17) is 25.9 Å². The van der Waals surface area contributed by atoms with E-state index in [0.29, 0.717) is 10.8 Å². The zero-order chi connectivity index (χ0) is 16.2. The van der Waals surface area contributed by atoms with Gasteiger partial charge in [-0.05, 0) is 42.0 Å². The summed E-state index contributed by atoms with van der Waals surface area (Å²) in [5.74, 6) is 0.174. The maximum absolute atomic E-state index is 12.1. The highest BCUT2D eigenvalue weighted by atomic mass is 35.5. The van der Waals surface area contributed by atoms with Crippen LogP contribution >= 0.6 is 11.6 Å². The van der Waals surface area contributed by atoms with E-state index in [1.165, 1.54) is 31.4 Å². The second-order valence-corrected chi connectivity index (χ2v) is 6.42. The van der Waals surface area contributed by atoms with Crippen molar-refractivity contribution in [2.45, 2.75) is 11.3 Å². The van der Waals surface area contributed by atoms with E-state index < -0.39 is 10.1 Å². The molecular formula is C15H14ClNO4S. The average Bonchev–Trinajstić information content (AvgIpc) is 2.49. The van der Waals surface area contributed by atoms with Gasteiger partial charge in [0.2, 0.25) is 5.90 Å². The molecule has 0 radical (unpaired) electrons. The highest BCUT2D eigenvalue weighted by Crippen LogP contribution is 2.18. The van der Waals surface area contributed by atoms with Crippen molar-refractivity contribution in [1.82, 2.24) is 0 Å². The summed E-state index contributed by atoms with van der Waals surface area (Å²) in [5.41, 5.74) is 0.735. The number of ether oxygens (including phenoxy) is 1. The Bertz CT molecular complexity index is 755. The lowest BCUT2D eigenvalue weighted by Gasteiger charge is -2.08. The monoisotopic (exact) mass is 339 g/mol. The number of benzene rings is 2. The summed E-state index contributed by atoms with van der Waals surface area (Å²) in [4.78, 5) is -0.0332. The zero-order valence-electron chi connectivity index (χ0n) is 11.7. The third-order valence-electron chi connectivity index (χ3n) is 2.84. The largest absolute Gasteiger partial charge is 0.497 e. The molecule has 0 fully saturated rings. The first-order valence-electron chi connectivity index (χ1n) is 6.31. The maximum Gasteiger partial charge on any atom is 0.340 e. The van der Waals surface area contributed by atoms with Gasteiger partial charge in [-0.15, -0.1) is 0 Å². The summed E-state index contributed by atoms with van der Waals surface area (Å²) < 4.78 is 33.9. The molecule has 116 valence electrons. The van der Waals surface area contributed by atoms with Crippen molar-refractivity contribution in [3.8, 4) is 5.75 Å². The number of hydrogen-bond acceptors (Lipinski definition) is 5. The van der Waals surface area contributed by atoms with Gasteiger partial charge in [-0.25, -0.2) is 0 Å². The molecule has 0 bridgehead atoms. The Labute approximate surface area is 134 Å². The van der Waals surface area contributed by atoms with E-state index in [1.807, 2.05) is 0 Å². The average molecular weight is 340 g/mol. The molecule has 0 heterocycles. The molecule has 7 heteroatoms. The number of methoxy groups -OCH3 is 1. The van der Waals surface area contributed by atoms with E-state index in [2.05, 4.69) is 0 Å². The molecule has 2 rings (SSSR count). The SMILES string of the molecule is COc1ccc(S(=O)(=O)OC(=N)Cc2ccc(Cl)cc2)cc1. The van der Waals surface area contributed by atoms with Gasteiger partial charge in [0.15, 0.2) is 0 Å². The van der Waals surface area contributed by atoms with Crippen LogP contribution in [0.5, 0.6) is 5.75 Å². The molecule has 2 aromatic rings. The second-order valence-electron chi connectivity index (χ2n) is 4.44. The lowest BCUT2D eigenvalue weighted by Crippen LogP contribution is -2.14. The van der Waals surface area contributed by atoms with Crippen LogP contribution in [0.3, 0.4) is 0 Å². The summed E-state index contributed by atoms with van der Waals surface area (Å²) in [7, 11) is -2.53. The Balaban J connectivity index is 2.07. The summed E-state index contributed by atoms with van der Waals surface area (Å²) in [6, 6.07) is 12.5. The maximum atomic E-state index is 12.1. The molecule has 1 N–H and O–H groups in total. The van der Waals surface area contributed by atoms with Crippen molar-refractivity contribution in [1.29, 1.82) is 5.41 Å². The Kier molecular flexibility index (Phi) is 5.05. The van der Waals surface area contributed by atoms with Gasteiger partial charge in [-0.3, -0.25) is 5.41 Å². The van der Waals surface area contributed by atoms with Crippen LogP contribution in [0, 0.1) is 5.41 Å². The molecule has 2 aromatic carbocycles. The number of rotatable bonds is 5. The third kappa shape index (κ3) is 4.22. The zero-order valence-corrected chi connectivity index (χ0v) is 13.3. The third-order valence-corrected chi connectivity index (χ3v) is 4.36. The van der Waals surface area contributed by atoms with E-state index >= 15 is 0 Å². The van der Waals surface area contributed by atoms with Crippen LogP contribution in [-0.4, -0.2) is 21.4 Å². The minimum absolute atomic E-state index is 0.0332. The first-order valence-corrected chi connectivity index (χ1v) is 8.10. The quantitative estimate of drug-likeness (QED) is 0.515. The van der Waals surface area contributed by atoms with Crippen molar-refractivity contribution in [2.75, 3.05) is 7.11 Å². The van der Waals surface area contributed by atoms with Crippen LogP contribution in [0.25, 0.3) is 0 Å². The molecule has 5 nitrogen and oxygen atoms in total. The molecular weight excluding hydrogens is 326 g/mol. The molecule has 0 atom stereocenters. The fraction of sp³-hybridized carbons (Fsp3) is 0.133. The van der Waals surface area contributed by atoms with Gasteiger partial charge in [0.25, 0.3) is 0 Å². The van der Waals surface area contributed by atoms with Crippen LogP contribution in [0.15, 0.2) is 53.4 Å². The Hall–Kier alpha value is -2.05. The topological polar surface area (TPSA) is 76.5 Å². The standard InChI is InChI=1S/C15H14ClNO4S/c1-20-13-6-8-14(9-7-13)22(18,19)21-15(17)10-11-2-4-12(16)5-3-11/h2-9,17H,10H2,1H3. The van der Waals surface area contributed by atoms with Gasteiger partial charge in [0, 0.05) is 11.4 Å². The lowest BCUT2D eigenvalue weighted by atomic mass is 10.1. The molecule has 0 aliphatic rings. The first kappa shape index (κ1) is 16.3. The molecule has 22 heavy (non-hydrogen) atoms. The summed E-state index contributed by atoms with van der Waals surface area (Å²) in [6.07, 6.45) is 0.0621. The van der Waals surface area contributed by atoms with Crippen molar-refractivity contribution >= 4 is 27.6 Å². The molecule has 0 aliphatic carbocycles. The van der Waals surface area contributed by atoms with Crippen LogP contribution in [0.4, 0.5) is 0 Å². The van der Waals surface area contributed by atoms with Crippen molar-refractivity contribution in [2.24, 2.45) is 0 Å². The van der Waals surface area contributed by atoms with Crippen molar-refractivity contribution in [3.63, 3.8) is 0 Å². The second kappa shape index (κ2) is 6.81. The van der Waals surface area contributed by atoms with Gasteiger partial charge in [-0.2, -0.15) is 8.42 Å². The lowest BCUT2D eigenvalue weighted by molar-refractivity contribution is 0.414. The van der Waals surface area contributed by atoms with Crippen LogP contribution in [0.1, 0.15) is 5.56 Å². The molecule has 0 spiro atoms. The highest BCUT2D eigenvalue weighted by molar-refractivity contribution is 7.87. The van der Waals surface area contributed by atoms with E-state index in [1.54, 1.807) is 24.3 Å². The molecule has 0 unspecified atom stereocenters. The molecule has 0 amide bonds. The van der Waals surface area contributed by atoms with Crippen LogP contribution in [-0.2, 0) is 20.7 Å². The molecule has 0 aromatic heterocycles. The smallest absolute Gasteiger partial charge is 0.340 e. The Morgan fingerprint density at radius 3 is 2.23 bits per heavy atom. The van der Waals surface area contributed by atoms with Crippen molar-refractivity contribution < 1.29 is 17.3 Å². The van der Waals surface area contributed by atoms with Crippen LogP contribution in [0.2, 0.25) is 5.02 Å². The molecule has 0 saturated heterocycles. The van der Waals surface area contributed by atoms with Gasteiger partial charge in [0.05, 0.1) is 7.11 Å². The highest BCUT2D eigenvalue weighted by Gasteiger charge is 2.18. The van der Waals surface area contributed by atoms with E-state index in [-0.39, 0.29) is 17.2 Å². The van der Waals surface area contributed by atoms with Gasteiger partial charge in [0.1, 0.15) is 10.6 Å². The Morgan fingerprint density at radius 1 is 1.09 bits per heavy atom. The first-order chi connectivity index (χ1) is 10.4.